The van der Waals surface area contributed by atoms with E-state index in [1.165, 1.54) is 12.8 Å². The van der Waals surface area contributed by atoms with Gasteiger partial charge in [0.1, 0.15) is 17.3 Å². The molecule has 0 aliphatic heterocycles. The summed E-state index contributed by atoms with van der Waals surface area (Å²) in [5.41, 5.74) is 8.35. The summed E-state index contributed by atoms with van der Waals surface area (Å²) in [6.07, 6.45) is 6.20. The van der Waals surface area contributed by atoms with E-state index in [1.54, 1.807) is 0 Å². The molecule has 5 nitrogen and oxygen atoms in total. The van der Waals surface area contributed by atoms with Gasteiger partial charge >= 0.3 is 0 Å². The molecule has 1 aliphatic rings. The van der Waals surface area contributed by atoms with Crippen LogP contribution in [0.25, 0.3) is 11.4 Å². The summed E-state index contributed by atoms with van der Waals surface area (Å²) in [4.78, 5) is 9.17. The van der Waals surface area contributed by atoms with Crippen LogP contribution in [-0.4, -0.2) is 19.1 Å². The number of nitrogens with two attached hydrogens (primary N) is 1. The maximum atomic E-state index is 6.44. The van der Waals surface area contributed by atoms with Gasteiger partial charge in [0, 0.05) is 18.5 Å². The van der Waals surface area contributed by atoms with Crippen molar-refractivity contribution in [2.75, 3.05) is 5.73 Å². The first-order valence-electron chi connectivity index (χ1n) is 7.87. The van der Waals surface area contributed by atoms with Gasteiger partial charge in [-0.15, -0.1) is 0 Å². The molecule has 2 heterocycles. The van der Waals surface area contributed by atoms with E-state index >= 15 is 0 Å². The van der Waals surface area contributed by atoms with Gasteiger partial charge in [-0.1, -0.05) is 13.8 Å². The lowest BCUT2D eigenvalue weighted by atomic mass is 10.2. The van der Waals surface area contributed by atoms with Crippen LogP contribution in [0.15, 0.2) is 12.5 Å². The van der Waals surface area contributed by atoms with Crippen molar-refractivity contribution in [1.29, 1.82) is 0 Å². The van der Waals surface area contributed by atoms with Crippen LogP contribution in [-0.2, 0) is 6.54 Å². The molecular formula is C16H25N5. The summed E-state index contributed by atoms with van der Waals surface area (Å²) in [6, 6.07) is 0.349. The standard InChI is InChI=1S/C16H25N5/c1-10(2)8-20-15(17)14(19-16(20)12-5-6-12)13-7-18-9-21(13)11(3)4/h7,9-12H,5-6,8,17H2,1-4H3. The SMILES string of the molecule is CC(C)Cn1c(C2CC2)nc(-c2cncn2C(C)C)c1N. The van der Waals surface area contributed by atoms with Crippen molar-refractivity contribution < 1.29 is 0 Å². The highest BCUT2D eigenvalue weighted by molar-refractivity contribution is 5.68. The minimum Gasteiger partial charge on any atom is -0.383 e. The molecule has 21 heavy (non-hydrogen) atoms. The summed E-state index contributed by atoms with van der Waals surface area (Å²) in [5, 5.41) is 0. The maximum absolute atomic E-state index is 6.44. The number of rotatable bonds is 5. The van der Waals surface area contributed by atoms with Crippen LogP contribution in [0, 0.1) is 5.92 Å². The molecule has 2 N–H and O–H groups in total. The van der Waals surface area contributed by atoms with Gasteiger partial charge < -0.3 is 14.9 Å². The van der Waals surface area contributed by atoms with E-state index in [1.807, 2.05) is 12.5 Å². The van der Waals surface area contributed by atoms with Gasteiger partial charge in [-0.2, -0.15) is 0 Å². The zero-order chi connectivity index (χ0) is 15.1. The van der Waals surface area contributed by atoms with Gasteiger partial charge in [-0.25, -0.2) is 9.97 Å². The first-order valence-corrected chi connectivity index (χ1v) is 7.87. The molecule has 0 bridgehead atoms. The Morgan fingerprint density at radius 2 is 2.00 bits per heavy atom. The smallest absolute Gasteiger partial charge is 0.133 e. The Labute approximate surface area is 126 Å². The van der Waals surface area contributed by atoms with Crippen LogP contribution in [0.4, 0.5) is 5.82 Å². The summed E-state index contributed by atoms with van der Waals surface area (Å²) in [7, 11) is 0. The van der Waals surface area contributed by atoms with Gasteiger partial charge in [-0.05, 0) is 32.6 Å². The van der Waals surface area contributed by atoms with Gasteiger partial charge in [0.2, 0.25) is 0 Å². The number of aromatic nitrogens is 4. The topological polar surface area (TPSA) is 61.7 Å². The normalized spacial score (nSPS) is 15.3. The monoisotopic (exact) mass is 287 g/mol. The van der Waals surface area contributed by atoms with Crippen molar-refractivity contribution in [3.63, 3.8) is 0 Å². The van der Waals surface area contributed by atoms with Crippen molar-refractivity contribution >= 4 is 5.82 Å². The second-order valence-corrected chi connectivity index (χ2v) is 6.76. The molecule has 2 aromatic heterocycles. The quantitative estimate of drug-likeness (QED) is 0.916. The fraction of sp³-hybridized carbons (Fsp3) is 0.625. The van der Waals surface area contributed by atoms with Crippen molar-refractivity contribution in [2.24, 2.45) is 5.92 Å². The summed E-state index contributed by atoms with van der Waals surface area (Å²) < 4.78 is 4.35. The van der Waals surface area contributed by atoms with Crippen molar-refractivity contribution in [1.82, 2.24) is 19.1 Å². The Morgan fingerprint density at radius 1 is 1.29 bits per heavy atom. The molecule has 0 radical (unpaired) electrons. The summed E-state index contributed by atoms with van der Waals surface area (Å²) in [6.45, 7) is 9.66. The largest absolute Gasteiger partial charge is 0.383 e. The van der Waals surface area contributed by atoms with E-state index in [2.05, 4.69) is 41.8 Å². The van der Waals surface area contributed by atoms with E-state index in [0.717, 1.165) is 29.6 Å². The molecule has 0 saturated heterocycles. The highest BCUT2D eigenvalue weighted by Crippen LogP contribution is 2.42. The number of nitrogens with zero attached hydrogens (tertiary/aromatic N) is 4. The van der Waals surface area contributed by atoms with E-state index in [-0.39, 0.29) is 0 Å². The van der Waals surface area contributed by atoms with E-state index < -0.39 is 0 Å². The molecular weight excluding hydrogens is 262 g/mol. The molecule has 5 heteroatoms. The lowest BCUT2D eigenvalue weighted by Gasteiger charge is -2.13. The predicted molar refractivity (Wildman–Crippen MR) is 85.1 cm³/mol. The Hall–Kier alpha value is -1.78. The lowest BCUT2D eigenvalue weighted by molar-refractivity contribution is 0.512. The highest BCUT2D eigenvalue weighted by atomic mass is 15.2. The number of hydrogen-bond donors (Lipinski definition) is 1. The molecule has 2 aromatic rings. The minimum absolute atomic E-state index is 0.349. The fourth-order valence-electron chi connectivity index (χ4n) is 2.78. The maximum Gasteiger partial charge on any atom is 0.133 e. The van der Waals surface area contributed by atoms with Crippen LogP contribution in [0.3, 0.4) is 0 Å². The van der Waals surface area contributed by atoms with Crippen LogP contribution >= 0.6 is 0 Å². The predicted octanol–water partition coefficient (Wildman–Crippen LogP) is 3.44. The van der Waals surface area contributed by atoms with Gasteiger partial charge in [0.15, 0.2) is 0 Å². The van der Waals surface area contributed by atoms with Crippen molar-refractivity contribution in [2.45, 2.75) is 59.0 Å². The van der Waals surface area contributed by atoms with Crippen LogP contribution in [0.5, 0.6) is 0 Å². The Balaban J connectivity index is 2.08. The number of anilines is 1. The molecule has 0 unspecified atom stereocenters. The molecule has 0 amide bonds. The highest BCUT2D eigenvalue weighted by Gasteiger charge is 2.31. The van der Waals surface area contributed by atoms with Gasteiger partial charge in [0.25, 0.3) is 0 Å². The third kappa shape index (κ3) is 2.57. The average molecular weight is 287 g/mol. The van der Waals surface area contributed by atoms with E-state index in [4.69, 9.17) is 10.7 Å². The first-order chi connectivity index (χ1) is 9.99. The molecule has 1 aliphatic carbocycles. The number of hydrogen-bond acceptors (Lipinski definition) is 3. The zero-order valence-corrected chi connectivity index (χ0v) is 13.4. The van der Waals surface area contributed by atoms with E-state index in [0.29, 0.717) is 17.9 Å². The van der Waals surface area contributed by atoms with Crippen molar-refractivity contribution in [3.05, 3.63) is 18.3 Å². The molecule has 0 spiro atoms. The second-order valence-electron chi connectivity index (χ2n) is 6.76. The van der Waals surface area contributed by atoms with Gasteiger partial charge in [0.05, 0.1) is 18.2 Å². The first kappa shape index (κ1) is 14.2. The fourth-order valence-corrected chi connectivity index (χ4v) is 2.78. The third-order valence-corrected chi connectivity index (χ3v) is 3.99. The molecule has 0 atom stereocenters. The Kier molecular flexibility index (Phi) is 3.51. The number of nitrogen functional groups attached to an aromatic ring is 1. The molecule has 0 aromatic carbocycles. The van der Waals surface area contributed by atoms with E-state index in [9.17, 15) is 0 Å². The van der Waals surface area contributed by atoms with Crippen LogP contribution < -0.4 is 5.73 Å². The molecule has 1 fully saturated rings. The minimum atomic E-state index is 0.349. The molecule has 114 valence electrons. The van der Waals surface area contributed by atoms with Gasteiger partial charge in [-0.3, -0.25) is 0 Å². The lowest BCUT2D eigenvalue weighted by Crippen LogP contribution is -2.11. The Bertz CT molecular complexity index is 631. The summed E-state index contributed by atoms with van der Waals surface area (Å²) in [5.74, 6) is 3.10. The summed E-state index contributed by atoms with van der Waals surface area (Å²) >= 11 is 0. The number of imidazole rings is 2. The third-order valence-electron chi connectivity index (χ3n) is 3.99. The van der Waals surface area contributed by atoms with Crippen molar-refractivity contribution in [3.8, 4) is 11.4 Å². The Morgan fingerprint density at radius 3 is 2.57 bits per heavy atom. The average Bonchev–Trinajstić information content (AvgIpc) is 3.04. The molecule has 1 saturated carbocycles. The van der Waals surface area contributed by atoms with Crippen LogP contribution in [0.2, 0.25) is 0 Å². The van der Waals surface area contributed by atoms with Crippen LogP contribution in [0.1, 0.15) is 58.3 Å². The molecule has 3 rings (SSSR count). The zero-order valence-electron chi connectivity index (χ0n) is 13.4. The second kappa shape index (κ2) is 5.20.